The molecule has 0 aliphatic heterocycles. The smallest absolute Gasteiger partial charge is 0.245 e. The van der Waals surface area contributed by atoms with Crippen LogP contribution < -0.4 is 9.67 Å². The molecule has 1 aromatic heterocycles. The zero-order valence-electron chi connectivity index (χ0n) is 16.7. The molecule has 0 atom stereocenters. The van der Waals surface area contributed by atoms with E-state index in [0.29, 0.717) is 0 Å². The number of carboxylic acid groups (broad SMARTS) is 1. The van der Waals surface area contributed by atoms with E-state index >= 15 is 0 Å². The molecule has 0 unspecified atom stereocenters. The van der Waals surface area contributed by atoms with Crippen LogP contribution in [0, 0.1) is 0 Å². The number of nitrogens with zero attached hydrogens (tertiary/aromatic N) is 2. The Kier molecular flexibility index (Phi) is 6.21. The van der Waals surface area contributed by atoms with E-state index in [9.17, 15) is 0 Å². The van der Waals surface area contributed by atoms with Crippen LogP contribution in [-0.4, -0.2) is 10.5 Å². The lowest BCUT2D eigenvalue weighted by Gasteiger charge is -2.24. The quantitative estimate of drug-likeness (QED) is 0.668. The van der Waals surface area contributed by atoms with Crippen molar-refractivity contribution in [3.05, 3.63) is 90.5 Å². The molecule has 0 radical (unpaired) electrons. The lowest BCUT2D eigenvalue weighted by atomic mass is 9.94. The first kappa shape index (κ1) is 20.4. The summed E-state index contributed by atoms with van der Waals surface area (Å²) in [4.78, 5) is 8.89. The Balaban J connectivity index is 0.000000596. The Morgan fingerprint density at radius 1 is 0.889 bits per heavy atom. The van der Waals surface area contributed by atoms with Gasteiger partial charge in [0, 0.05) is 5.97 Å². The minimum Gasteiger partial charge on any atom is -0.550 e. The number of hydrogen-bond donors (Lipinski definition) is 0. The monoisotopic (exact) mass is 364 g/mol. The number of carbonyl (C=O) groups is 1. The third-order valence-corrected chi connectivity index (χ3v) is 4.89. The van der Waals surface area contributed by atoms with Crippen molar-refractivity contribution in [3.8, 4) is 0 Å². The van der Waals surface area contributed by atoms with E-state index in [1.54, 1.807) is 0 Å². The summed E-state index contributed by atoms with van der Waals surface area (Å²) in [5, 5.41) is 8.89. The summed E-state index contributed by atoms with van der Waals surface area (Å²) < 4.78 is 4.57. The number of hydrogen-bond acceptors (Lipinski definition) is 2. The van der Waals surface area contributed by atoms with Crippen molar-refractivity contribution in [3.63, 3.8) is 0 Å². The van der Waals surface area contributed by atoms with Gasteiger partial charge in [-0.05, 0) is 45.7 Å². The predicted molar refractivity (Wildman–Crippen MR) is 105 cm³/mol. The highest BCUT2D eigenvalue weighted by atomic mass is 16.4. The van der Waals surface area contributed by atoms with E-state index in [0.717, 1.165) is 6.92 Å². The van der Waals surface area contributed by atoms with Crippen molar-refractivity contribution in [2.45, 2.75) is 45.7 Å². The zero-order valence-corrected chi connectivity index (χ0v) is 16.7. The molecule has 0 N–H and O–H groups in total. The van der Waals surface area contributed by atoms with E-state index in [1.165, 1.54) is 11.1 Å². The van der Waals surface area contributed by atoms with Crippen molar-refractivity contribution in [1.82, 2.24) is 4.57 Å². The summed E-state index contributed by atoms with van der Waals surface area (Å²) in [5.74, 6) is -1.08. The molecule has 142 valence electrons. The normalized spacial score (nSPS) is 11.4. The highest BCUT2D eigenvalue weighted by Crippen LogP contribution is 2.26. The summed E-state index contributed by atoms with van der Waals surface area (Å²) in [6.07, 6.45) is 6.54. The standard InChI is InChI=1S/C21H25N2.C2H4O2/c1-20(2,18-11-7-5-8-12-18)22-15-16-23(17-22)21(3,4)19-13-9-6-10-14-19;1-2(3)4/h5-17H,1-4H3;1H3,(H,3,4)/q+1;/p-1. The molecule has 3 aromatic rings. The molecule has 2 aromatic carbocycles. The first-order valence-electron chi connectivity index (χ1n) is 9.04. The van der Waals surface area contributed by atoms with Crippen LogP contribution in [0.1, 0.15) is 45.7 Å². The molecule has 4 nitrogen and oxygen atoms in total. The predicted octanol–water partition coefficient (Wildman–Crippen LogP) is 3.10. The van der Waals surface area contributed by atoms with E-state index in [1.807, 2.05) is 0 Å². The summed E-state index contributed by atoms with van der Waals surface area (Å²) in [7, 11) is 0. The highest BCUT2D eigenvalue weighted by molar-refractivity contribution is 5.60. The van der Waals surface area contributed by atoms with Gasteiger partial charge in [-0.15, -0.1) is 0 Å². The third-order valence-electron chi connectivity index (χ3n) is 4.89. The molecule has 3 rings (SSSR count). The number of carboxylic acids is 1. The molecule has 1 heterocycles. The van der Waals surface area contributed by atoms with Gasteiger partial charge in [-0.2, -0.15) is 0 Å². The highest BCUT2D eigenvalue weighted by Gasteiger charge is 2.32. The van der Waals surface area contributed by atoms with Crippen LogP contribution in [0.3, 0.4) is 0 Å². The fourth-order valence-corrected chi connectivity index (χ4v) is 3.01. The van der Waals surface area contributed by atoms with E-state index in [2.05, 4.69) is 116 Å². The van der Waals surface area contributed by atoms with E-state index < -0.39 is 5.97 Å². The first-order chi connectivity index (χ1) is 12.7. The maximum Gasteiger partial charge on any atom is 0.245 e. The molecule has 0 aliphatic carbocycles. The fraction of sp³-hybridized carbons (Fsp3) is 0.304. The Hall–Kier alpha value is -2.88. The van der Waals surface area contributed by atoms with Gasteiger partial charge in [0.15, 0.2) is 0 Å². The number of benzene rings is 2. The molecule has 0 fully saturated rings. The van der Waals surface area contributed by atoms with Crippen molar-refractivity contribution in [2.24, 2.45) is 0 Å². The fourth-order valence-electron chi connectivity index (χ4n) is 3.01. The molecule has 0 aliphatic rings. The lowest BCUT2D eigenvalue weighted by Crippen LogP contribution is -2.52. The second kappa shape index (κ2) is 8.21. The minimum atomic E-state index is -1.08. The lowest BCUT2D eigenvalue weighted by molar-refractivity contribution is -0.747. The van der Waals surface area contributed by atoms with Crippen molar-refractivity contribution < 1.29 is 14.5 Å². The average Bonchev–Trinajstić information content (AvgIpc) is 3.15. The van der Waals surface area contributed by atoms with Crippen LogP contribution in [0.4, 0.5) is 0 Å². The number of rotatable bonds is 4. The minimum absolute atomic E-state index is 0.0840. The van der Waals surface area contributed by atoms with Crippen molar-refractivity contribution in [2.75, 3.05) is 0 Å². The molecular weight excluding hydrogens is 336 g/mol. The Labute approximate surface area is 161 Å². The Bertz CT molecular complexity index is 796. The maximum absolute atomic E-state index is 8.89. The molecule has 0 amide bonds. The molecule has 0 saturated heterocycles. The first-order valence-corrected chi connectivity index (χ1v) is 9.04. The maximum atomic E-state index is 8.89. The van der Waals surface area contributed by atoms with Crippen LogP contribution in [-0.2, 0) is 15.9 Å². The third kappa shape index (κ3) is 4.85. The van der Waals surface area contributed by atoms with Gasteiger partial charge >= 0.3 is 0 Å². The number of aromatic nitrogens is 2. The summed E-state index contributed by atoms with van der Waals surface area (Å²) in [6, 6.07) is 21.3. The summed E-state index contributed by atoms with van der Waals surface area (Å²) in [5.41, 5.74) is 2.44. The van der Waals surface area contributed by atoms with Crippen molar-refractivity contribution in [1.29, 1.82) is 0 Å². The summed E-state index contributed by atoms with van der Waals surface area (Å²) in [6.45, 7) is 9.98. The zero-order chi connectivity index (χ0) is 20.1. The van der Waals surface area contributed by atoms with Gasteiger partial charge in [0.1, 0.15) is 23.5 Å². The molecule has 0 bridgehead atoms. The van der Waals surface area contributed by atoms with Gasteiger partial charge in [-0.25, -0.2) is 9.13 Å². The van der Waals surface area contributed by atoms with Crippen LogP contribution >= 0.6 is 0 Å². The van der Waals surface area contributed by atoms with Crippen molar-refractivity contribution >= 4 is 5.97 Å². The van der Waals surface area contributed by atoms with Crippen LogP contribution in [0.15, 0.2) is 79.4 Å². The van der Waals surface area contributed by atoms with Gasteiger partial charge in [0.2, 0.25) is 6.33 Å². The molecule has 0 saturated carbocycles. The molecular formula is C23H28N2O2. The number of carbonyl (C=O) groups excluding carboxylic acids is 1. The van der Waals surface area contributed by atoms with E-state index in [4.69, 9.17) is 9.90 Å². The van der Waals surface area contributed by atoms with Gasteiger partial charge in [-0.1, -0.05) is 60.7 Å². The second-order valence-electron chi connectivity index (χ2n) is 7.57. The Morgan fingerprint density at radius 3 is 1.81 bits per heavy atom. The number of imidazole rings is 1. The largest absolute Gasteiger partial charge is 0.550 e. The summed E-state index contributed by atoms with van der Waals surface area (Å²) >= 11 is 0. The van der Waals surface area contributed by atoms with Gasteiger partial charge in [0.05, 0.1) is 0 Å². The topological polar surface area (TPSA) is 48.9 Å². The molecule has 4 heteroatoms. The van der Waals surface area contributed by atoms with Crippen LogP contribution in [0.2, 0.25) is 0 Å². The Morgan fingerprint density at radius 2 is 1.33 bits per heavy atom. The molecule has 0 spiro atoms. The second-order valence-corrected chi connectivity index (χ2v) is 7.57. The molecule has 27 heavy (non-hydrogen) atoms. The van der Waals surface area contributed by atoms with Gasteiger partial charge < -0.3 is 9.90 Å². The SMILES string of the molecule is CC(=O)[O-].CC(C)(c1ccccc1)n1cc[n+](C(C)(C)c2ccccc2)c1. The van der Waals surface area contributed by atoms with Gasteiger partial charge in [0.25, 0.3) is 0 Å². The average molecular weight is 364 g/mol. The number of aliphatic carboxylic acids is 1. The van der Waals surface area contributed by atoms with E-state index in [-0.39, 0.29) is 11.1 Å². The van der Waals surface area contributed by atoms with Crippen LogP contribution in [0.25, 0.3) is 0 Å². The van der Waals surface area contributed by atoms with Crippen LogP contribution in [0.5, 0.6) is 0 Å². The van der Waals surface area contributed by atoms with Gasteiger partial charge in [-0.3, -0.25) is 0 Å².